The predicted molar refractivity (Wildman–Crippen MR) is 71.8 cm³/mol. The zero-order valence-corrected chi connectivity index (χ0v) is 11.1. The summed E-state index contributed by atoms with van der Waals surface area (Å²) in [6.45, 7) is 4.03. The van der Waals surface area contributed by atoms with Crippen molar-refractivity contribution < 1.29 is 4.79 Å². The van der Waals surface area contributed by atoms with Crippen molar-refractivity contribution in [1.29, 1.82) is 0 Å². The van der Waals surface area contributed by atoms with E-state index in [1.165, 1.54) is 5.56 Å². The third-order valence-electron chi connectivity index (χ3n) is 3.08. The van der Waals surface area contributed by atoms with Crippen molar-refractivity contribution in [3.63, 3.8) is 0 Å². The van der Waals surface area contributed by atoms with E-state index < -0.39 is 0 Å². The molecule has 0 spiro atoms. The molecule has 1 aromatic carbocycles. The van der Waals surface area contributed by atoms with Crippen molar-refractivity contribution in [1.82, 2.24) is 9.78 Å². The first kappa shape index (κ1) is 12.6. The monoisotopic (exact) mass is 242 g/mol. The van der Waals surface area contributed by atoms with Gasteiger partial charge in [-0.15, -0.1) is 0 Å². The van der Waals surface area contributed by atoms with Gasteiger partial charge in [0.1, 0.15) is 0 Å². The Morgan fingerprint density at radius 1 is 1.33 bits per heavy atom. The van der Waals surface area contributed by atoms with Gasteiger partial charge in [0.05, 0.1) is 6.20 Å². The maximum atomic E-state index is 12.1. The number of carbonyl (C=O) groups is 1. The lowest BCUT2D eigenvalue weighted by atomic mass is 9.99. The smallest absolute Gasteiger partial charge is 0.163 e. The van der Waals surface area contributed by atoms with E-state index in [0.717, 1.165) is 23.1 Å². The highest BCUT2D eigenvalue weighted by molar-refractivity contribution is 5.97. The number of ketones is 1. The molecule has 94 valence electrons. The van der Waals surface area contributed by atoms with E-state index in [9.17, 15) is 4.79 Å². The first-order valence-corrected chi connectivity index (χ1v) is 6.14. The summed E-state index contributed by atoms with van der Waals surface area (Å²) in [6, 6.07) is 5.97. The number of rotatable bonds is 4. The predicted octanol–water partition coefficient (Wildman–Crippen LogP) is 2.85. The molecular formula is C15H18N2O. The molecule has 18 heavy (non-hydrogen) atoms. The molecule has 0 radical (unpaired) electrons. The van der Waals surface area contributed by atoms with Crippen molar-refractivity contribution in [2.45, 2.75) is 26.7 Å². The van der Waals surface area contributed by atoms with Gasteiger partial charge in [0.2, 0.25) is 0 Å². The fourth-order valence-corrected chi connectivity index (χ4v) is 2.12. The molecule has 0 aliphatic heterocycles. The van der Waals surface area contributed by atoms with Crippen LogP contribution in [0.4, 0.5) is 0 Å². The molecule has 0 saturated carbocycles. The van der Waals surface area contributed by atoms with E-state index >= 15 is 0 Å². The number of aryl methyl sites for hydroxylation is 4. The van der Waals surface area contributed by atoms with E-state index in [-0.39, 0.29) is 5.78 Å². The molecule has 0 amide bonds. The highest BCUT2D eigenvalue weighted by Gasteiger charge is 2.09. The van der Waals surface area contributed by atoms with Gasteiger partial charge in [0, 0.05) is 25.2 Å². The van der Waals surface area contributed by atoms with Gasteiger partial charge >= 0.3 is 0 Å². The lowest BCUT2D eigenvalue weighted by molar-refractivity contribution is 0.0982. The minimum absolute atomic E-state index is 0.205. The average molecular weight is 242 g/mol. The second kappa shape index (κ2) is 5.17. The quantitative estimate of drug-likeness (QED) is 0.773. The molecule has 0 unspecified atom stereocenters. The van der Waals surface area contributed by atoms with Crippen LogP contribution in [0.3, 0.4) is 0 Å². The highest BCUT2D eigenvalue weighted by Crippen LogP contribution is 2.14. The molecule has 1 aromatic heterocycles. The molecule has 2 rings (SSSR count). The largest absolute Gasteiger partial charge is 0.294 e. The molecule has 2 aromatic rings. The Labute approximate surface area is 107 Å². The number of nitrogens with zero attached hydrogens (tertiary/aromatic N) is 2. The Hall–Kier alpha value is -1.90. The van der Waals surface area contributed by atoms with Crippen LogP contribution in [0.15, 0.2) is 30.6 Å². The standard InChI is InChI=1S/C15H18N2O/c1-11-4-6-14(12(2)8-11)15(18)7-5-13-9-16-17(3)10-13/h4,6,8-10H,5,7H2,1-3H3. The molecule has 0 atom stereocenters. The summed E-state index contributed by atoms with van der Waals surface area (Å²) < 4.78 is 1.76. The molecule has 0 fully saturated rings. The summed E-state index contributed by atoms with van der Waals surface area (Å²) in [5, 5.41) is 4.10. The van der Waals surface area contributed by atoms with Gasteiger partial charge in [-0.25, -0.2) is 0 Å². The molecule has 3 heteroatoms. The molecule has 1 heterocycles. The van der Waals surface area contributed by atoms with Gasteiger partial charge in [-0.05, 0) is 31.4 Å². The summed E-state index contributed by atoms with van der Waals surface area (Å²) in [6.07, 6.45) is 5.06. The van der Waals surface area contributed by atoms with Crippen molar-refractivity contribution in [2.24, 2.45) is 7.05 Å². The Balaban J connectivity index is 2.03. The van der Waals surface area contributed by atoms with Crippen molar-refractivity contribution in [2.75, 3.05) is 0 Å². The number of hydrogen-bond acceptors (Lipinski definition) is 2. The summed E-state index contributed by atoms with van der Waals surface area (Å²) in [4.78, 5) is 12.1. The number of hydrogen-bond donors (Lipinski definition) is 0. The zero-order valence-electron chi connectivity index (χ0n) is 11.1. The molecule has 0 N–H and O–H groups in total. The fraction of sp³-hybridized carbons (Fsp3) is 0.333. The van der Waals surface area contributed by atoms with Crippen molar-refractivity contribution in [3.8, 4) is 0 Å². The minimum atomic E-state index is 0.205. The van der Waals surface area contributed by atoms with E-state index in [1.807, 2.05) is 45.4 Å². The minimum Gasteiger partial charge on any atom is -0.294 e. The number of benzene rings is 1. The van der Waals surface area contributed by atoms with E-state index in [4.69, 9.17) is 0 Å². The number of Topliss-reactive ketones (excluding diaryl/α,β-unsaturated/α-hetero) is 1. The Bertz CT molecular complexity index is 570. The van der Waals surface area contributed by atoms with Crippen LogP contribution in [0.1, 0.15) is 33.5 Å². The van der Waals surface area contributed by atoms with E-state index in [2.05, 4.69) is 11.2 Å². The van der Waals surface area contributed by atoms with Gasteiger partial charge in [0.25, 0.3) is 0 Å². The fourth-order valence-electron chi connectivity index (χ4n) is 2.12. The number of aromatic nitrogens is 2. The van der Waals surface area contributed by atoms with Crippen LogP contribution in [0.5, 0.6) is 0 Å². The van der Waals surface area contributed by atoms with Crippen molar-refractivity contribution in [3.05, 3.63) is 52.8 Å². The lowest BCUT2D eigenvalue weighted by Gasteiger charge is -2.05. The lowest BCUT2D eigenvalue weighted by Crippen LogP contribution is -2.03. The van der Waals surface area contributed by atoms with E-state index in [0.29, 0.717) is 6.42 Å². The molecule has 0 bridgehead atoms. The Morgan fingerprint density at radius 3 is 2.72 bits per heavy atom. The third kappa shape index (κ3) is 2.86. The second-order valence-electron chi connectivity index (χ2n) is 4.76. The summed E-state index contributed by atoms with van der Waals surface area (Å²) in [7, 11) is 1.88. The molecule has 0 aliphatic rings. The Morgan fingerprint density at radius 2 is 2.11 bits per heavy atom. The first-order chi connectivity index (χ1) is 8.56. The molecule has 3 nitrogen and oxygen atoms in total. The average Bonchev–Trinajstić information content (AvgIpc) is 2.72. The van der Waals surface area contributed by atoms with Gasteiger partial charge in [0.15, 0.2) is 5.78 Å². The maximum Gasteiger partial charge on any atom is 0.163 e. The topological polar surface area (TPSA) is 34.9 Å². The molecule has 0 saturated heterocycles. The summed E-state index contributed by atoms with van der Waals surface area (Å²) in [5.74, 6) is 0.205. The van der Waals surface area contributed by atoms with Crippen LogP contribution in [0.25, 0.3) is 0 Å². The summed E-state index contributed by atoms with van der Waals surface area (Å²) in [5.41, 5.74) is 4.20. The van der Waals surface area contributed by atoms with Crippen LogP contribution < -0.4 is 0 Å². The van der Waals surface area contributed by atoms with Crippen molar-refractivity contribution >= 4 is 5.78 Å². The Kier molecular flexibility index (Phi) is 3.60. The van der Waals surface area contributed by atoms with Crippen LogP contribution in [-0.2, 0) is 13.5 Å². The second-order valence-corrected chi connectivity index (χ2v) is 4.76. The number of carbonyl (C=O) groups excluding carboxylic acids is 1. The van der Waals surface area contributed by atoms with Gasteiger partial charge in [-0.1, -0.05) is 23.8 Å². The highest BCUT2D eigenvalue weighted by atomic mass is 16.1. The van der Waals surface area contributed by atoms with Gasteiger partial charge in [-0.3, -0.25) is 9.48 Å². The van der Waals surface area contributed by atoms with Crippen LogP contribution >= 0.6 is 0 Å². The first-order valence-electron chi connectivity index (χ1n) is 6.14. The molecule has 0 aliphatic carbocycles. The van der Waals surface area contributed by atoms with Crippen LogP contribution in [-0.4, -0.2) is 15.6 Å². The summed E-state index contributed by atoms with van der Waals surface area (Å²) >= 11 is 0. The van der Waals surface area contributed by atoms with Gasteiger partial charge < -0.3 is 0 Å². The zero-order chi connectivity index (χ0) is 13.1. The van der Waals surface area contributed by atoms with E-state index in [1.54, 1.807) is 4.68 Å². The maximum absolute atomic E-state index is 12.1. The normalized spacial score (nSPS) is 10.6. The SMILES string of the molecule is Cc1ccc(C(=O)CCc2cnn(C)c2)c(C)c1. The van der Waals surface area contributed by atoms with Crippen LogP contribution in [0, 0.1) is 13.8 Å². The molecular weight excluding hydrogens is 224 g/mol. The van der Waals surface area contributed by atoms with Crippen LogP contribution in [0.2, 0.25) is 0 Å². The third-order valence-corrected chi connectivity index (χ3v) is 3.08. The van der Waals surface area contributed by atoms with Gasteiger partial charge in [-0.2, -0.15) is 5.10 Å².